The van der Waals surface area contributed by atoms with E-state index in [2.05, 4.69) is 23.6 Å². The highest BCUT2D eigenvalue weighted by molar-refractivity contribution is 5.82. The summed E-state index contributed by atoms with van der Waals surface area (Å²) in [7, 11) is 0. The number of nitrogens with one attached hydrogen (secondary N) is 1. The zero-order chi connectivity index (χ0) is 10.7. The van der Waals surface area contributed by atoms with Gasteiger partial charge < -0.3 is 5.73 Å². The van der Waals surface area contributed by atoms with Gasteiger partial charge in [0.05, 0.1) is 6.04 Å². The van der Waals surface area contributed by atoms with Crippen molar-refractivity contribution in [2.75, 3.05) is 26.2 Å². The molecule has 1 aliphatic heterocycles. The van der Waals surface area contributed by atoms with Gasteiger partial charge in [-0.2, -0.15) is 0 Å². The fourth-order valence-corrected chi connectivity index (χ4v) is 1.84. The van der Waals surface area contributed by atoms with E-state index in [4.69, 9.17) is 11.1 Å². The van der Waals surface area contributed by atoms with Crippen LogP contribution in [0.25, 0.3) is 0 Å². The van der Waals surface area contributed by atoms with Crippen molar-refractivity contribution in [2.45, 2.75) is 32.9 Å². The van der Waals surface area contributed by atoms with E-state index in [0.29, 0.717) is 6.04 Å². The summed E-state index contributed by atoms with van der Waals surface area (Å²) in [5.41, 5.74) is 5.49. The molecule has 1 saturated heterocycles. The highest BCUT2D eigenvalue weighted by atomic mass is 15.3. The van der Waals surface area contributed by atoms with Gasteiger partial charge in [-0.1, -0.05) is 0 Å². The second kappa shape index (κ2) is 4.75. The molecule has 0 saturated carbocycles. The van der Waals surface area contributed by atoms with E-state index in [0.717, 1.165) is 26.2 Å². The number of hydrogen-bond donors (Lipinski definition) is 2. The first-order valence-corrected chi connectivity index (χ1v) is 5.34. The van der Waals surface area contributed by atoms with Gasteiger partial charge in [-0.05, 0) is 20.8 Å². The van der Waals surface area contributed by atoms with Crippen molar-refractivity contribution in [1.82, 2.24) is 9.80 Å². The van der Waals surface area contributed by atoms with Gasteiger partial charge in [-0.25, -0.2) is 0 Å². The van der Waals surface area contributed by atoms with Gasteiger partial charge >= 0.3 is 0 Å². The topological polar surface area (TPSA) is 56.4 Å². The molecule has 0 aromatic carbocycles. The van der Waals surface area contributed by atoms with Crippen molar-refractivity contribution in [3.05, 3.63) is 0 Å². The van der Waals surface area contributed by atoms with Gasteiger partial charge in [0, 0.05) is 32.2 Å². The van der Waals surface area contributed by atoms with Gasteiger partial charge in [0.25, 0.3) is 0 Å². The van der Waals surface area contributed by atoms with E-state index in [-0.39, 0.29) is 11.9 Å². The third-order valence-corrected chi connectivity index (χ3v) is 3.08. The Hall–Kier alpha value is -0.610. The summed E-state index contributed by atoms with van der Waals surface area (Å²) in [4.78, 5) is 4.74. The molecule has 0 spiro atoms. The summed E-state index contributed by atoms with van der Waals surface area (Å²) in [5, 5.41) is 7.39. The van der Waals surface area contributed by atoms with Gasteiger partial charge in [0.15, 0.2) is 0 Å². The number of piperazine rings is 1. The van der Waals surface area contributed by atoms with Crippen LogP contribution in [0.5, 0.6) is 0 Å². The highest BCUT2D eigenvalue weighted by Crippen LogP contribution is 2.08. The van der Waals surface area contributed by atoms with E-state index in [9.17, 15) is 0 Å². The maximum absolute atomic E-state index is 7.39. The van der Waals surface area contributed by atoms with E-state index < -0.39 is 0 Å². The molecule has 4 heteroatoms. The number of nitrogens with zero attached hydrogens (tertiary/aromatic N) is 2. The standard InChI is InChI=1S/C10H22N4/c1-8(2)13-4-6-14(7-5-13)9(3)10(11)12/h8-9H,4-7H2,1-3H3,(H3,11,12). The molecule has 1 rings (SSSR count). The highest BCUT2D eigenvalue weighted by Gasteiger charge is 2.23. The average molecular weight is 198 g/mol. The lowest BCUT2D eigenvalue weighted by molar-refractivity contribution is 0.0997. The zero-order valence-corrected chi connectivity index (χ0v) is 9.45. The average Bonchev–Trinajstić information content (AvgIpc) is 2.16. The molecule has 1 fully saturated rings. The SMILES string of the molecule is CC(C)N1CCN(C(C)C(=N)N)CC1. The Bertz CT molecular complexity index is 194. The molecule has 0 bridgehead atoms. The first-order chi connectivity index (χ1) is 6.52. The normalized spacial score (nSPS) is 22.6. The van der Waals surface area contributed by atoms with Crippen LogP contribution in [0.15, 0.2) is 0 Å². The van der Waals surface area contributed by atoms with Gasteiger partial charge in [0.1, 0.15) is 5.84 Å². The fraction of sp³-hybridized carbons (Fsp3) is 0.900. The van der Waals surface area contributed by atoms with Gasteiger partial charge in [0.2, 0.25) is 0 Å². The monoisotopic (exact) mass is 198 g/mol. The van der Waals surface area contributed by atoms with Crippen LogP contribution in [-0.2, 0) is 0 Å². The van der Waals surface area contributed by atoms with Crippen molar-refractivity contribution >= 4 is 5.84 Å². The molecule has 1 atom stereocenters. The van der Waals surface area contributed by atoms with Gasteiger partial charge in [-0.3, -0.25) is 15.2 Å². The van der Waals surface area contributed by atoms with Crippen molar-refractivity contribution in [1.29, 1.82) is 5.41 Å². The van der Waals surface area contributed by atoms with E-state index in [1.165, 1.54) is 0 Å². The molecule has 14 heavy (non-hydrogen) atoms. The van der Waals surface area contributed by atoms with Gasteiger partial charge in [-0.15, -0.1) is 0 Å². The molecule has 0 amide bonds. The molecular formula is C10H22N4. The van der Waals surface area contributed by atoms with Crippen LogP contribution < -0.4 is 5.73 Å². The van der Waals surface area contributed by atoms with Crippen LogP contribution in [0.2, 0.25) is 0 Å². The molecule has 0 aromatic rings. The Balaban J connectivity index is 2.39. The molecule has 82 valence electrons. The van der Waals surface area contributed by atoms with E-state index in [1.807, 2.05) is 6.92 Å². The minimum absolute atomic E-state index is 0.101. The summed E-state index contributed by atoms with van der Waals surface area (Å²) >= 11 is 0. The maximum atomic E-state index is 7.39. The molecule has 0 aromatic heterocycles. The fourth-order valence-electron chi connectivity index (χ4n) is 1.84. The Morgan fingerprint density at radius 2 is 1.50 bits per heavy atom. The van der Waals surface area contributed by atoms with Crippen LogP contribution in [0.1, 0.15) is 20.8 Å². The summed E-state index contributed by atoms with van der Waals surface area (Å²) < 4.78 is 0. The molecule has 0 aliphatic carbocycles. The van der Waals surface area contributed by atoms with Crippen molar-refractivity contribution in [3.63, 3.8) is 0 Å². The Morgan fingerprint density at radius 3 is 1.86 bits per heavy atom. The molecule has 3 N–H and O–H groups in total. The first-order valence-electron chi connectivity index (χ1n) is 5.34. The summed E-state index contributed by atoms with van der Waals surface area (Å²) in [6, 6.07) is 0.731. The number of rotatable bonds is 3. The molecule has 1 unspecified atom stereocenters. The van der Waals surface area contributed by atoms with Crippen LogP contribution in [0.4, 0.5) is 0 Å². The van der Waals surface area contributed by atoms with Crippen molar-refractivity contribution < 1.29 is 0 Å². The summed E-state index contributed by atoms with van der Waals surface area (Å²) in [6.07, 6.45) is 0. The smallest absolute Gasteiger partial charge is 0.108 e. The van der Waals surface area contributed by atoms with Crippen LogP contribution >= 0.6 is 0 Å². The third kappa shape index (κ3) is 2.69. The number of amidine groups is 1. The number of hydrogen-bond acceptors (Lipinski definition) is 3. The molecule has 0 radical (unpaired) electrons. The first kappa shape index (κ1) is 11.5. The zero-order valence-electron chi connectivity index (χ0n) is 9.45. The lowest BCUT2D eigenvalue weighted by Gasteiger charge is -2.39. The van der Waals surface area contributed by atoms with Crippen LogP contribution in [-0.4, -0.2) is 53.9 Å². The summed E-state index contributed by atoms with van der Waals surface area (Å²) in [5.74, 6) is 0.281. The second-order valence-electron chi connectivity index (χ2n) is 4.30. The lowest BCUT2D eigenvalue weighted by Crippen LogP contribution is -2.54. The van der Waals surface area contributed by atoms with E-state index >= 15 is 0 Å². The largest absolute Gasteiger partial charge is 0.386 e. The molecule has 1 aliphatic rings. The molecule has 1 heterocycles. The lowest BCUT2D eigenvalue weighted by atomic mass is 10.2. The maximum Gasteiger partial charge on any atom is 0.108 e. The molecular weight excluding hydrogens is 176 g/mol. The van der Waals surface area contributed by atoms with Crippen molar-refractivity contribution in [3.8, 4) is 0 Å². The Kier molecular flexibility index (Phi) is 3.89. The van der Waals surface area contributed by atoms with Crippen LogP contribution in [0.3, 0.4) is 0 Å². The minimum atomic E-state index is 0.101. The third-order valence-electron chi connectivity index (χ3n) is 3.08. The minimum Gasteiger partial charge on any atom is -0.386 e. The predicted octanol–water partition coefficient (Wildman–Crippen LogP) is 0.337. The van der Waals surface area contributed by atoms with Crippen molar-refractivity contribution in [2.24, 2.45) is 5.73 Å². The predicted molar refractivity (Wildman–Crippen MR) is 59.7 cm³/mol. The Morgan fingerprint density at radius 1 is 1.07 bits per heavy atom. The Labute approximate surface area is 86.6 Å². The second-order valence-corrected chi connectivity index (χ2v) is 4.30. The van der Waals surface area contributed by atoms with E-state index in [1.54, 1.807) is 0 Å². The molecule has 4 nitrogen and oxygen atoms in total. The number of nitrogens with two attached hydrogens (primary N) is 1. The quantitative estimate of drug-likeness (QED) is 0.508. The van der Waals surface area contributed by atoms with Crippen LogP contribution in [0, 0.1) is 5.41 Å². The summed E-state index contributed by atoms with van der Waals surface area (Å²) in [6.45, 7) is 10.7.